The molecule has 0 N–H and O–H groups in total. The van der Waals surface area contributed by atoms with Gasteiger partial charge in [-0.3, -0.25) is 5.11 Å². The molecule has 0 spiro atoms. The van der Waals surface area contributed by atoms with E-state index in [9.17, 15) is 5.11 Å². The summed E-state index contributed by atoms with van der Waals surface area (Å²) in [7, 11) is 0. The summed E-state index contributed by atoms with van der Waals surface area (Å²) in [6.45, 7) is 1.75. The molecule has 1 heterocycles. The molecule has 3 nitrogen and oxygen atoms in total. The van der Waals surface area contributed by atoms with Gasteiger partial charge in [-0.25, -0.2) is 0 Å². The number of hydrogen-bond donors (Lipinski definition) is 0. The van der Waals surface area contributed by atoms with E-state index in [2.05, 4.69) is 10.2 Å². The molecule has 37 valence electrons. The van der Waals surface area contributed by atoms with E-state index in [-0.39, 0.29) is 5.19 Å². The third-order valence-corrected chi connectivity index (χ3v) is 1.14. The molecule has 7 heavy (non-hydrogen) atoms. The Morgan fingerprint density at radius 2 is 2.29 bits per heavy atom. The normalized spacial score (nSPS) is 9.29. The maximum absolute atomic E-state index is 10.1. The number of nitrogens with zero attached hydrogens (tertiary/aromatic N) is 2. The van der Waals surface area contributed by atoms with Gasteiger partial charge in [0.1, 0.15) is 5.01 Å². The van der Waals surface area contributed by atoms with E-state index in [1.54, 1.807) is 6.92 Å². The molecule has 0 saturated heterocycles. The van der Waals surface area contributed by atoms with Crippen molar-refractivity contribution in [1.82, 2.24) is 10.2 Å². The van der Waals surface area contributed by atoms with Crippen LogP contribution in [-0.4, -0.2) is 10.2 Å². The van der Waals surface area contributed by atoms with Crippen molar-refractivity contribution in [3.05, 3.63) is 5.01 Å². The van der Waals surface area contributed by atoms with Gasteiger partial charge in [0.05, 0.1) is 0 Å². The number of rotatable bonds is 0. The monoisotopic (exact) mass is 115 g/mol. The van der Waals surface area contributed by atoms with Crippen molar-refractivity contribution in [2.24, 2.45) is 0 Å². The molecule has 0 amide bonds. The third kappa shape index (κ3) is 0.866. The van der Waals surface area contributed by atoms with Crippen molar-refractivity contribution in [2.45, 2.75) is 6.92 Å². The summed E-state index contributed by atoms with van der Waals surface area (Å²) in [5.74, 6) is 0. The molecule has 0 saturated carbocycles. The van der Waals surface area contributed by atoms with Crippen molar-refractivity contribution in [2.75, 3.05) is 0 Å². The van der Waals surface area contributed by atoms with Gasteiger partial charge in [0.15, 0.2) is 0 Å². The first-order valence-electron chi connectivity index (χ1n) is 1.76. The van der Waals surface area contributed by atoms with Crippen LogP contribution >= 0.6 is 11.3 Å². The maximum atomic E-state index is 10.1. The average Bonchev–Trinajstić information content (AvgIpc) is 1.87. The quantitative estimate of drug-likeness (QED) is 0.506. The minimum absolute atomic E-state index is 0.211. The molecule has 0 bridgehead atoms. The van der Waals surface area contributed by atoms with Crippen molar-refractivity contribution in [3.8, 4) is 5.19 Å². The van der Waals surface area contributed by atoms with Crippen LogP contribution in [0.25, 0.3) is 0 Å². The number of aromatic nitrogens is 2. The highest BCUT2D eigenvalue weighted by Crippen LogP contribution is 2.13. The summed E-state index contributed by atoms with van der Waals surface area (Å²) in [6, 6.07) is 0. The third-order valence-electron chi connectivity index (χ3n) is 0.507. The van der Waals surface area contributed by atoms with Crippen molar-refractivity contribution in [1.29, 1.82) is 0 Å². The molecule has 1 rings (SSSR count). The zero-order valence-corrected chi connectivity index (χ0v) is 4.53. The fraction of sp³-hybridized carbons (Fsp3) is 0.333. The Morgan fingerprint density at radius 3 is 2.43 bits per heavy atom. The van der Waals surface area contributed by atoms with Crippen LogP contribution in [0.1, 0.15) is 5.01 Å². The first-order chi connectivity index (χ1) is 3.29. The van der Waals surface area contributed by atoms with Gasteiger partial charge in [0.25, 0.3) is 0 Å². The lowest BCUT2D eigenvalue weighted by atomic mass is 10.9. The molecule has 0 aliphatic carbocycles. The summed E-state index contributed by atoms with van der Waals surface area (Å²) in [4.78, 5) is 0. The van der Waals surface area contributed by atoms with Crippen LogP contribution in [0.2, 0.25) is 0 Å². The summed E-state index contributed by atoms with van der Waals surface area (Å²) in [5.41, 5.74) is 0. The molecule has 0 aliphatic heterocycles. The summed E-state index contributed by atoms with van der Waals surface area (Å²) < 4.78 is 0. The zero-order valence-electron chi connectivity index (χ0n) is 3.71. The predicted molar refractivity (Wildman–Crippen MR) is 24.8 cm³/mol. The Morgan fingerprint density at radius 1 is 1.57 bits per heavy atom. The topological polar surface area (TPSA) is 45.7 Å². The van der Waals surface area contributed by atoms with Crippen LogP contribution in [0.5, 0.6) is 5.19 Å². The predicted octanol–water partition coefficient (Wildman–Crippen LogP) is 0.990. The minimum atomic E-state index is -0.211. The number of hydrogen-bond acceptors (Lipinski definition) is 3. The Kier molecular flexibility index (Phi) is 0.941. The Hall–Kier alpha value is -0.640. The first kappa shape index (κ1) is 4.52. The van der Waals surface area contributed by atoms with Gasteiger partial charge in [0, 0.05) is 0 Å². The molecule has 0 aromatic carbocycles. The number of aryl methyl sites for hydroxylation is 1. The molecule has 1 radical (unpaired) electrons. The van der Waals surface area contributed by atoms with Crippen LogP contribution in [0.4, 0.5) is 0 Å². The van der Waals surface area contributed by atoms with E-state index < -0.39 is 0 Å². The fourth-order valence-electron chi connectivity index (χ4n) is 0.278. The van der Waals surface area contributed by atoms with Gasteiger partial charge in [-0.05, 0) is 6.92 Å². The molecular formula is C3H3N2OS. The van der Waals surface area contributed by atoms with E-state index in [4.69, 9.17) is 0 Å². The van der Waals surface area contributed by atoms with Crippen LogP contribution in [0.3, 0.4) is 0 Å². The Labute approximate surface area is 44.6 Å². The molecule has 1 aromatic rings. The second-order valence-corrected chi connectivity index (χ2v) is 2.23. The largest absolute Gasteiger partial charge is 0.346 e. The van der Waals surface area contributed by atoms with Gasteiger partial charge in [-0.2, -0.15) is 0 Å². The van der Waals surface area contributed by atoms with Crippen molar-refractivity contribution >= 4 is 11.3 Å². The van der Waals surface area contributed by atoms with Crippen LogP contribution in [0.15, 0.2) is 0 Å². The lowest BCUT2D eigenvalue weighted by molar-refractivity contribution is 0.348. The first-order valence-corrected chi connectivity index (χ1v) is 2.58. The summed E-state index contributed by atoms with van der Waals surface area (Å²) in [6.07, 6.45) is 0. The van der Waals surface area contributed by atoms with E-state index in [0.717, 1.165) is 16.3 Å². The molecule has 1 aromatic heterocycles. The van der Waals surface area contributed by atoms with E-state index in [1.807, 2.05) is 0 Å². The second kappa shape index (κ2) is 1.46. The van der Waals surface area contributed by atoms with Crippen LogP contribution in [-0.2, 0) is 5.11 Å². The Balaban J connectivity index is 3.04. The van der Waals surface area contributed by atoms with Gasteiger partial charge >= 0.3 is 5.19 Å². The van der Waals surface area contributed by atoms with Crippen molar-refractivity contribution < 1.29 is 5.11 Å². The highest BCUT2D eigenvalue weighted by atomic mass is 32.1. The highest BCUT2D eigenvalue weighted by Gasteiger charge is 1.94. The second-order valence-electron chi connectivity index (χ2n) is 1.09. The van der Waals surface area contributed by atoms with Crippen molar-refractivity contribution in [3.63, 3.8) is 0 Å². The lowest BCUT2D eigenvalue weighted by Gasteiger charge is -1.61. The smallest absolute Gasteiger partial charge is 0.253 e. The van der Waals surface area contributed by atoms with Gasteiger partial charge in [0.2, 0.25) is 0 Å². The molecular weight excluding hydrogens is 112 g/mol. The standard InChI is InChI=1S/C3H3N2OS/c1-2-4-5-3(6)7-2/h1H3. The minimum Gasteiger partial charge on any atom is -0.253 e. The zero-order chi connectivity index (χ0) is 5.28. The lowest BCUT2D eigenvalue weighted by Crippen LogP contribution is -1.65. The molecule has 0 unspecified atom stereocenters. The van der Waals surface area contributed by atoms with E-state index >= 15 is 0 Å². The van der Waals surface area contributed by atoms with Crippen LogP contribution in [0, 0.1) is 6.92 Å². The average molecular weight is 115 g/mol. The van der Waals surface area contributed by atoms with Gasteiger partial charge in [-0.15, -0.1) is 5.10 Å². The maximum Gasteiger partial charge on any atom is 0.346 e. The fourth-order valence-corrected chi connectivity index (χ4v) is 0.694. The van der Waals surface area contributed by atoms with E-state index in [0.29, 0.717) is 0 Å². The Bertz CT molecular complexity index is 145. The summed E-state index contributed by atoms with van der Waals surface area (Å²) in [5, 5.41) is 17.4. The van der Waals surface area contributed by atoms with Crippen LogP contribution < -0.4 is 0 Å². The molecule has 0 fully saturated rings. The molecule has 4 heteroatoms. The SMILES string of the molecule is Cc1nnc([O])s1. The van der Waals surface area contributed by atoms with Gasteiger partial charge in [-0.1, -0.05) is 16.4 Å². The highest BCUT2D eigenvalue weighted by molar-refractivity contribution is 7.12. The van der Waals surface area contributed by atoms with Gasteiger partial charge < -0.3 is 0 Å². The molecule has 0 aliphatic rings. The summed E-state index contributed by atoms with van der Waals surface area (Å²) >= 11 is 1.06. The van der Waals surface area contributed by atoms with E-state index in [1.165, 1.54) is 0 Å². The molecule has 0 atom stereocenters.